The Balaban J connectivity index is 0. The Kier molecular flexibility index (Phi) is 21.1. The molecule has 0 unspecified atom stereocenters. The molecule has 0 amide bonds. The molecule has 0 saturated carbocycles. The first-order chi connectivity index (χ1) is 6.33. The molecule has 0 spiro atoms. The second-order valence-electron chi connectivity index (χ2n) is 2.85. The smallest absolute Gasteiger partial charge is 0.0572 e. The van der Waals surface area contributed by atoms with Crippen LogP contribution in [0.4, 0.5) is 0 Å². The standard InChI is InChI=1S/C6H15N.C4H11NO/c1-3-5-7-6-4-2;1-3-4-5-6-2/h7H,3-6H2,1-2H3;5H,3-4H2,1-2H3. The summed E-state index contributed by atoms with van der Waals surface area (Å²) in [7, 11) is 1.62. The highest BCUT2D eigenvalue weighted by Crippen LogP contribution is 1.71. The van der Waals surface area contributed by atoms with Crippen LogP contribution < -0.4 is 10.8 Å². The van der Waals surface area contributed by atoms with Gasteiger partial charge in [0.2, 0.25) is 0 Å². The second kappa shape index (κ2) is 17.8. The average Bonchev–Trinajstić information content (AvgIpc) is 2.17. The van der Waals surface area contributed by atoms with Crippen molar-refractivity contribution in [3.63, 3.8) is 0 Å². The van der Waals surface area contributed by atoms with Crippen LogP contribution >= 0.6 is 0 Å². The van der Waals surface area contributed by atoms with Gasteiger partial charge in [-0.3, -0.25) is 0 Å². The highest BCUT2D eigenvalue weighted by molar-refractivity contribution is 4.39. The zero-order valence-corrected chi connectivity index (χ0v) is 9.65. The van der Waals surface area contributed by atoms with Crippen LogP contribution in [0.3, 0.4) is 0 Å². The first-order valence-corrected chi connectivity index (χ1v) is 5.29. The zero-order valence-electron chi connectivity index (χ0n) is 9.65. The molecule has 0 radical (unpaired) electrons. The number of hydroxylamine groups is 1. The van der Waals surface area contributed by atoms with Crippen molar-refractivity contribution in [2.75, 3.05) is 26.7 Å². The van der Waals surface area contributed by atoms with Crippen LogP contribution in [-0.4, -0.2) is 26.7 Å². The maximum atomic E-state index is 4.53. The molecule has 0 heterocycles. The predicted molar refractivity (Wildman–Crippen MR) is 58.8 cm³/mol. The number of hydrogen-bond donors (Lipinski definition) is 2. The molecule has 0 bridgehead atoms. The fourth-order valence-electron chi connectivity index (χ4n) is 0.683. The molecule has 0 aliphatic carbocycles. The molecular weight excluding hydrogens is 164 g/mol. The molecule has 0 aliphatic rings. The SMILES string of the molecule is CCCNCCC.CCCNOC. The van der Waals surface area contributed by atoms with Gasteiger partial charge in [-0.25, -0.2) is 5.48 Å². The van der Waals surface area contributed by atoms with Gasteiger partial charge in [0.1, 0.15) is 0 Å². The van der Waals surface area contributed by atoms with Crippen LogP contribution in [0.1, 0.15) is 40.0 Å². The molecule has 3 heteroatoms. The molecule has 0 atom stereocenters. The first kappa shape index (κ1) is 15.4. The van der Waals surface area contributed by atoms with E-state index in [-0.39, 0.29) is 0 Å². The molecular formula is C10H26N2O. The number of rotatable bonds is 7. The van der Waals surface area contributed by atoms with E-state index in [1.54, 1.807) is 7.11 Å². The van der Waals surface area contributed by atoms with Gasteiger partial charge in [0, 0.05) is 6.54 Å². The molecule has 13 heavy (non-hydrogen) atoms. The summed E-state index contributed by atoms with van der Waals surface area (Å²) in [5, 5.41) is 3.28. The van der Waals surface area contributed by atoms with Crippen molar-refractivity contribution in [3.8, 4) is 0 Å². The molecule has 3 nitrogen and oxygen atoms in total. The van der Waals surface area contributed by atoms with Crippen LogP contribution in [-0.2, 0) is 4.84 Å². The molecule has 2 N–H and O–H groups in total. The monoisotopic (exact) mass is 190 g/mol. The minimum Gasteiger partial charge on any atom is -0.317 e. The zero-order chi connectivity index (χ0) is 10.4. The van der Waals surface area contributed by atoms with E-state index in [9.17, 15) is 0 Å². The molecule has 0 aromatic heterocycles. The van der Waals surface area contributed by atoms with Crippen LogP contribution in [0.25, 0.3) is 0 Å². The quantitative estimate of drug-likeness (QED) is 0.475. The maximum absolute atomic E-state index is 4.53. The van der Waals surface area contributed by atoms with Gasteiger partial charge >= 0.3 is 0 Å². The highest BCUT2D eigenvalue weighted by Gasteiger charge is 1.76. The molecule has 0 aliphatic heterocycles. The van der Waals surface area contributed by atoms with E-state index in [2.05, 4.69) is 36.4 Å². The van der Waals surface area contributed by atoms with Crippen LogP contribution in [0.5, 0.6) is 0 Å². The van der Waals surface area contributed by atoms with E-state index < -0.39 is 0 Å². The molecule has 0 rings (SSSR count). The Morgan fingerprint density at radius 3 is 1.54 bits per heavy atom. The Morgan fingerprint density at radius 1 is 0.846 bits per heavy atom. The normalized spacial score (nSPS) is 9.23. The van der Waals surface area contributed by atoms with Crippen LogP contribution in [0, 0.1) is 0 Å². The van der Waals surface area contributed by atoms with Gasteiger partial charge in [-0.15, -0.1) is 0 Å². The minimum absolute atomic E-state index is 0.941. The summed E-state index contributed by atoms with van der Waals surface area (Å²) in [5.41, 5.74) is 2.70. The van der Waals surface area contributed by atoms with Crippen molar-refractivity contribution < 1.29 is 4.84 Å². The lowest BCUT2D eigenvalue weighted by Gasteiger charge is -1.95. The van der Waals surface area contributed by atoms with Crippen molar-refractivity contribution in [3.05, 3.63) is 0 Å². The summed E-state index contributed by atoms with van der Waals surface area (Å²) in [6.07, 6.45) is 3.62. The Morgan fingerprint density at radius 2 is 1.31 bits per heavy atom. The summed E-state index contributed by atoms with van der Waals surface area (Å²) in [6.45, 7) is 9.75. The van der Waals surface area contributed by atoms with E-state index in [1.807, 2.05) is 0 Å². The van der Waals surface area contributed by atoms with Gasteiger partial charge in [-0.1, -0.05) is 20.8 Å². The van der Waals surface area contributed by atoms with E-state index in [4.69, 9.17) is 0 Å². The van der Waals surface area contributed by atoms with E-state index in [0.29, 0.717) is 0 Å². The highest BCUT2D eigenvalue weighted by atomic mass is 16.6. The lowest BCUT2D eigenvalue weighted by molar-refractivity contribution is 0.0920. The maximum Gasteiger partial charge on any atom is 0.0572 e. The van der Waals surface area contributed by atoms with Crippen molar-refractivity contribution in [1.82, 2.24) is 10.8 Å². The third kappa shape index (κ3) is 24.5. The summed E-state index contributed by atoms with van der Waals surface area (Å²) < 4.78 is 0. The molecule has 0 aromatic carbocycles. The average molecular weight is 190 g/mol. The van der Waals surface area contributed by atoms with Crippen molar-refractivity contribution in [2.24, 2.45) is 0 Å². The third-order valence-corrected chi connectivity index (χ3v) is 1.35. The second-order valence-corrected chi connectivity index (χ2v) is 2.85. The van der Waals surface area contributed by atoms with Gasteiger partial charge in [0.15, 0.2) is 0 Å². The molecule has 0 fully saturated rings. The van der Waals surface area contributed by atoms with E-state index in [1.165, 1.54) is 25.9 Å². The van der Waals surface area contributed by atoms with E-state index >= 15 is 0 Å². The Bertz CT molecular complexity index is 61.9. The fraction of sp³-hybridized carbons (Fsp3) is 1.00. The molecule has 0 saturated heterocycles. The van der Waals surface area contributed by atoms with Gasteiger partial charge in [0.05, 0.1) is 7.11 Å². The minimum atomic E-state index is 0.941. The third-order valence-electron chi connectivity index (χ3n) is 1.35. The van der Waals surface area contributed by atoms with Crippen molar-refractivity contribution in [1.29, 1.82) is 0 Å². The van der Waals surface area contributed by atoms with Crippen LogP contribution in [0.2, 0.25) is 0 Å². The topological polar surface area (TPSA) is 33.3 Å². The predicted octanol–water partition coefficient (Wildman–Crippen LogP) is 1.94. The largest absolute Gasteiger partial charge is 0.317 e. The summed E-state index contributed by atoms with van der Waals surface area (Å²) in [4.78, 5) is 4.53. The molecule has 82 valence electrons. The van der Waals surface area contributed by atoms with E-state index in [0.717, 1.165) is 13.0 Å². The van der Waals surface area contributed by atoms with Gasteiger partial charge in [-0.2, -0.15) is 0 Å². The van der Waals surface area contributed by atoms with Gasteiger partial charge in [0.25, 0.3) is 0 Å². The lowest BCUT2D eigenvalue weighted by Crippen LogP contribution is -2.14. The summed E-state index contributed by atoms with van der Waals surface area (Å²) >= 11 is 0. The lowest BCUT2D eigenvalue weighted by atomic mass is 10.4. The number of hydrogen-bond acceptors (Lipinski definition) is 3. The van der Waals surface area contributed by atoms with Crippen molar-refractivity contribution in [2.45, 2.75) is 40.0 Å². The Labute approximate surface area is 83.2 Å². The Hall–Kier alpha value is -0.120. The van der Waals surface area contributed by atoms with Gasteiger partial charge < -0.3 is 10.2 Å². The molecule has 0 aromatic rings. The summed E-state index contributed by atoms with van der Waals surface area (Å²) in [5.74, 6) is 0. The van der Waals surface area contributed by atoms with Crippen molar-refractivity contribution >= 4 is 0 Å². The van der Waals surface area contributed by atoms with Gasteiger partial charge in [-0.05, 0) is 32.4 Å². The first-order valence-electron chi connectivity index (χ1n) is 5.29. The fourth-order valence-corrected chi connectivity index (χ4v) is 0.683. The summed E-state index contributed by atoms with van der Waals surface area (Å²) in [6, 6.07) is 0. The number of nitrogens with one attached hydrogen (secondary N) is 2. The van der Waals surface area contributed by atoms with Crippen LogP contribution in [0.15, 0.2) is 0 Å².